The summed E-state index contributed by atoms with van der Waals surface area (Å²) < 4.78 is 16.2. The Hall–Kier alpha value is -2.15. The summed E-state index contributed by atoms with van der Waals surface area (Å²) in [6, 6.07) is 0.268. The summed E-state index contributed by atoms with van der Waals surface area (Å²) in [5.74, 6) is 0.762. The largest absolute Gasteiger partial charge is 0.309 e. The molecular weight excluding hydrogens is 343 g/mol. The number of nitrogens with zero attached hydrogens (tertiary/aromatic N) is 6. The van der Waals surface area contributed by atoms with E-state index in [1.165, 1.54) is 0 Å². The number of imidazole rings is 1. The molecule has 0 aliphatic heterocycles. The Bertz CT molecular complexity index is 904. The van der Waals surface area contributed by atoms with Crippen LogP contribution < -0.4 is 0 Å². The van der Waals surface area contributed by atoms with E-state index in [-0.39, 0.29) is 28.8 Å². The monoisotopic (exact) mass is 362 g/mol. The lowest BCUT2D eigenvalue weighted by molar-refractivity contribution is 0.456. The van der Waals surface area contributed by atoms with Crippen molar-refractivity contribution >= 4 is 22.8 Å². The smallest absolute Gasteiger partial charge is 0.223 e. The first-order chi connectivity index (χ1) is 12.0. The zero-order valence-corrected chi connectivity index (χ0v) is 15.4. The van der Waals surface area contributed by atoms with E-state index in [0.29, 0.717) is 11.2 Å². The highest BCUT2D eigenvalue weighted by atomic mass is 35.5. The molecule has 8 heteroatoms. The van der Waals surface area contributed by atoms with Crippen LogP contribution >= 0.6 is 11.6 Å². The van der Waals surface area contributed by atoms with Crippen LogP contribution in [0.5, 0.6) is 0 Å². The molecule has 3 aromatic heterocycles. The maximum atomic E-state index is 14.1. The molecule has 3 rings (SSSR count). The highest BCUT2D eigenvalue weighted by Crippen LogP contribution is 2.29. The minimum atomic E-state index is -0.610. The van der Waals surface area contributed by atoms with Gasteiger partial charge in [0.25, 0.3) is 0 Å². The number of rotatable bonds is 5. The summed E-state index contributed by atoms with van der Waals surface area (Å²) in [4.78, 5) is 21.0. The summed E-state index contributed by atoms with van der Waals surface area (Å²) in [6.45, 7) is 8.46. The van der Waals surface area contributed by atoms with Crippen LogP contribution in [0.25, 0.3) is 22.7 Å². The Morgan fingerprint density at radius 1 is 1.08 bits per heavy atom. The van der Waals surface area contributed by atoms with E-state index in [1.807, 2.05) is 0 Å². The van der Waals surface area contributed by atoms with E-state index < -0.39 is 5.82 Å². The lowest BCUT2D eigenvalue weighted by Crippen LogP contribution is -2.13. The topological polar surface area (TPSA) is 69.4 Å². The normalized spacial score (nSPS) is 11.8. The lowest BCUT2D eigenvalue weighted by Gasteiger charge is -2.19. The van der Waals surface area contributed by atoms with Gasteiger partial charge in [0.05, 0.1) is 12.4 Å². The maximum absolute atomic E-state index is 14.1. The molecule has 0 N–H and O–H groups in total. The highest BCUT2D eigenvalue weighted by Gasteiger charge is 2.22. The first-order valence-corrected chi connectivity index (χ1v) is 8.77. The van der Waals surface area contributed by atoms with E-state index in [1.54, 1.807) is 6.20 Å². The Morgan fingerprint density at radius 2 is 1.80 bits per heavy atom. The fourth-order valence-corrected chi connectivity index (χ4v) is 3.08. The summed E-state index contributed by atoms with van der Waals surface area (Å²) >= 11 is 5.80. The molecule has 0 radical (unpaired) electrons. The van der Waals surface area contributed by atoms with Gasteiger partial charge in [0.15, 0.2) is 17.3 Å². The molecule has 0 fully saturated rings. The minimum Gasteiger partial charge on any atom is -0.309 e. The second-order valence-electron chi connectivity index (χ2n) is 6.20. The molecule has 0 spiro atoms. The maximum Gasteiger partial charge on any atom is 0.223 e. The van der Waals surface area contributed by atoms with E-state index in [2.05, 4.69) is 57.2 Å². The SMILES string of the molecule is CCC(CC)n1c(C(C)C)nc2cnc(-c3nc(Cl)ncc3F)nc21. The Kier molecular flexibility index (Phi) is 4.94. The van der Waals surface area contributed by atoms with Crippen LogP contribution in [0, 0.1) is 5.82 Å². The van der Waals surface area contributed by atoms with Crippen molar-refractivity contribution in [1.29, 1.82) is 0 Å². The molecule has 3 aromatic rings. The standard InChI is InChI=1S/C17H20ClFN6/c1-5-10(6-2)25-15(9(3)4)22-12-8-20-14(24-16(12)25)13-11(19)7-21-17(18)23-13/h7-10H,5-6H2,1-4H3. The third kappa shape index (κ3) is 3.20. The third-order valence-electron chi connectivity index (χ3n) is 4.21. The van der Waals surface area contributed by atoms with Gasteiger partial charge in [0.2, 0.25) is 5.28 Å². The van der Waals surface area contributed by atoms with E-state index in [9.17, 15) is 4.39 Å². The van der Waals surface area contributed by atoms with Gasteiger partial charge in [-0.25, -0.2) is 29.3 Å². The summed E-state index contributed by atoms with van der Waals surface area (Å²) in [5.41, 5.74) is 1.38. The fraction of sp³-hybridized carbons (Fsp3) is 0.471. The third-order valence-corrected chi connectivity index (χ3v) is 4.39. The number of hydrogen-bond acceptors (Lipinski definition) is 5. The summed E-state index contributed by atoms with van der Waals surface area (Å²) in [6.07, 6.45) is 4.54. The van der Waals surface area contributed by atoms with Gasteiger partial charge in [-0.2, -0.15) is 0 Å². The predicted octanol–water partition coefficient (Wildman–Crippen LogP) is 4.56. The van der Waals surface area contributed by atoms with Crippen molar-refractivity contribution in [1.82, 2.24) is 29.5 Å². The number of halogens is 2. The average molecular weight is 363 g/mol. The lowest BCUT2D eigenvalue weighted by atomic mass is 10.1. The minimum absolute atomic E-state index is 0.00899. The van der Waals surface area contributed by atoms with Crippen LogP contribution in [-0.2, 0) is 0 Å². The van der Waals surface area contributed by atoms with Gasteiger partial charge < -0.3 is 4.57 Å². The van der Waals surface area contributed by atoms with Crippen molar-refractivity contribution in [2.24, 2.45) is 0 Å². The van der Waals surface area contributed by atoms with Crippen molar-refractivity contribution in [2.75, 3.05) is 0 Å². The molecular formula is C17H20ClFN6. The fourth-order valence-electron chi connectivity index (χ4n) is 2.95. The first-order valence-electron chi connectivity index (χ1n) is 8.39. The van der Waals surface area contributed by atoms with Crippen LogP contribution in [0.15, 0.2) is 12.4 Å². The molecule has 0 saturated carbocycles. The quantitative estimate of drug-likeness (QED) is 0.622. The highest BCUT2D eigenvalue weighted by molar-refractivity contribution is 6.28. The van der Waals surface area contributed by atoms with Gasteiger partial charge in [0, 0.05) is 12.0 Å². The predicted molar refractivity (Wildman–Crippen MR) is 95.0 cm³/mol. The molecule has 0 amide bonds. The van der Waals surface area contributed by atoms with Gasteiger partial charge in [-0.05, 0) is 24.4 Å². The zero-order valence-electron chi connectivity index (χ0n) is 14.7. The van der Waals surface area contributed by atoms with Crippen molar-refractivity contribution in [3.05, 3.63) is 29.3 Å². The molecule has 0 atom stereocenters. The molecule has 0 aliphatic rings. The Labute approximate surface area is 150 Å². The Balaban J connectivity index is 2.25. The van der Waals surface area contributed by atoms with E-state index in [4.69, 9.17) is 11.6 Å². The number of aromatic nitrogens is 6. The van der Waals surface area contributed by atoms with Gasteiger partial charge >= 0.3 is 0 Å². The molecule has 0 unspecified atom stereocenters. The molecule has 0 bridgehead atoms. The van der Waals surface area contributed by atoms with E-state index >= 15 is 0 Å². The Morgan fingerprint density at radius 3 is 2.44 bits per heavy atom. The number of hydrogen-bond donors (Lipinski definition) is 0. The van der Waals surface area contributed by atoms with E-state index in [0.717, 1.165) is 24.9 Å². The van der Waals surface area contributed by atoms with Crippen molar-refractivity contribution in [2.45, 2.75) is 52.5 Å². The molecule has 0 saturated heterocycles. The summed E-state index contributed by atoms with van der Waals surface area (Å²) in [5, 5.41) is -0.0449. The molecule has 0 aromatic carbocycles. The zero-order chi connectivity index (χ0) is 18.1. The molecule has 0 aliphatic carbocycles. The molecule has 3 heterocycles. The van der Waals surface area contributed by atoms with Crippen molar-refractivity contribution in [3.63, 3.8) is 0 Å². The van der Waals surface area contributed by atoms with Gasteiger partial charge in [-0.3, -0.25) is 0 Å². The molecule has 132 valence electrons. The van der Waals surface area contributed by atoms with Crippen LogP contribution in [0.2, 0.25) is 5.28 Å². The first kappa shape index (κ1) is 17.7. The molecule has 25 heavy (non-hydrogen) atoms. The van der Waals surface area contributed by atoms with Crippen LogP contribution in [-0.4, -0.2) is 29.5 Å². The van der Waals surface area contributed by atoms with Gasteiger partial charge in [-0.15, -0.1) is 0 Å². The van der Waals surface area contributed by atoms with Crippen molar-refractivity contribution in [3.8, 4) is 11.5 Å². The second-order valence-corrected chi connectivity index (χ2v) is 6.54. The molecule has 6 nitrogen and oxygen atoms in total. The second kappa shape index (κ2) is 7.00. The average Bonchev–Trinajstić information content (AvgIpc) is 2.97. The summed E-state index contributed by atoms with van der Waals surface area (Å²) in [7, 11) is 0. The van der Waals surface area contributed by atoms with Gasteiger partial charge in [0.1, 0.15) is 17.0 Å². The van der Waals surface area contributed by atoms with Crippen molar-refractivity contribution < 1.29 is 4.39 Å². The van der Waals surface area contributed by atoms with Crippen LogP contribution in [0.3, 0.4) is 0 Å². The van der Waals surface area contributed by atoms with Crippen LogP contribution in [0.4, 0.5) is 4.39 Å². The van der Waals surface area contributed by atoms with Crippen LogP contribution in [0.1, 0.15) is 58.3 Å². The van der Waals surface area contributed by atoms with Gasteiger partial charge in [-0.1, -0.05) is 27.7 Å². The number of fused-ring (bicyclic) bond motifs is 1.